The number of unbranched alkanes of at least 4 members (excludes halogenated alkanes) is 3. The maximum Gasteiger partial charge on any atom is 0.328 e. The number of methoxy groups -OCH3 is 2. The predicted molar refractivity (Wildman–Crippen MR) is 335 cm³/mol. The molecular weight excluding hydrogens is 1170 g/mol. The normalized spacial score (nSPS) is 24.2. The molecule has 5 rings (SSSR count). The van der Waals surface area contributed by atoms with Gasteiger partial charge in [0.1, 0.15) is 57.9 Å². The summed E-state index contributed by atoms with van der Waals surface area (Å²) in [6.07, 6.45) is 6.78. The summed E-state index contributed by atoms with van der Waals surface area (Å²) in [5.41, 5.74) is 4.64. The van der Waals surface area contributed by atoms with Gasteiger partial charge in [-0.05, 0) is 107 Å². The second-order valence-corrected chi connectivity index (χ2v) is 25.4. The van der Waals surface area contributed by atoms with Crippen LogP contribution in [-0.2, 0) is 65.4 Å². The number of nitrogens with two attached hydrogens (primary N) is 1. The minimum atomic E-state index is -1.67. The highest BCUT2D eigenvalue weighted by Crippen LogP contribution is 2.50. The maximum atomic E-state index is 14.5. The number of carbonyl (C=O) groups excluding carboxylic acids is 9. The number of urea groups is 1. The lowest BCUT2D eigenvalue weighted by atomic mass is 9.78. The zero-order chi connectivity index (χ0) is 65.4. The molecule has 3 aliphatic heterocycles. The molecule has 3 heterocycles. The number of ketones is 3. The summed E-state index contributed by atoms with van der Waals surface area (Å²) in [5.74, 6) is -4.53. The molecule has 0 saturated carbocycles. The minimum Gasteiger partial charge on any atom is -0.495 e. The number of fused-ring (bicyclic) bond motifs is 5. The Bertz CT molecular complexity index is 2910. The minimum absolute atomic E-state index is 0.0105. The molecule has 2 aromatic rings. The van der Waals surface area contributed by atoms with Crippen LogP contribution in [0.2, 0.25) is 10.0 Å². The first-order valence-corrected chi connectivity index (χ1v) is 31.5. The van der Waals surface area contributed by atoms with Crippen LogP contribution >= 0.6 is 23.2 Å². The quantitative estimate of drug-likeness (QED) is 0.0351. The highest BCUT2D eigenvalue weighted by Gasteiger charge is 2.64. The molecule has 0 radical (unpaired) electrons. The summed E-state index contributed by atoms with van der Waals surface area (Å²) >= 11 is 13.7. The molecular formula is C66H93Cl2N5O15. The third-order valence-corrected chi connectivity index (χ3v) is 18.4. The molecule has 2 saturated heterocycles. The number of epoxide rings is 1. The number of likely N-dealkylation sites (N-methyl/N-ethyl adjacent to an activating group) is 1. The number of rotatable bonds is 28. The number of amides is 5. The number of carbonyl (C=O) groups is 9. The van der Waals surface area contributed by atoms with Gasteiger partial charge in [0.15, 0.2) is 5.78 Å². The number of nitrogens with zero attached hydrogens (tertiary/aromatic N) is 2. The van der Waals surface area contributed by atoms with Gasteiger partial charge in [-0.2, -0.15) is 0 Å². The molecule has 0 unspecified atom stereocenters. The summed E-state index contributed by atoms with van der Waals surface area (Å²) in [7, 11) is 5.82. The van der Waals surface area contributed by atoms with Gasteiger partial charge in [-0.1, -0.05) is 101 Å². The second kappa shape index (κ2) is 33.0. The molecule has 88 heavy (non-hydrogen) atoms. The maximum absolute atomic E-state index is 14.5. The van der Waals surface area contributed by atoms with E-state index in [4.69, 9.17) is 52.6 Å². The SMILES string of the molecule is CCC(CC)C(=O)CCCCCCC(=O)C[C@H](C(=O)N[C@@H](CCCNC(N)=O)C(=O)Cc1ccc(C(=O)N(C)[C@@H](C)C(=O)O[C@H]2CC(=O)N(C)c3cc(cc(OC)c3Cl)C/C(C)=C/C=C/[C@@H](OC)[C@]3(O)CC(=O)O[C@@H](C3)[C@@H](C)[C@@H]3O[C@@]23C)c(Cl)c1)C(C)C. The highest BCUT2D eigenvalue weighted by atomic mass is 35.5. The Kier molecular flexibility index (Phi) is 27.2. The summed E-state index contributed by atoms with van der Waals surface area (Å²) in [4.78, 5) is 124. The van der Waals surface area contributed by atoms with Crippen molar-refractivity contribution in [3.63, 3.8) is 0 Å². The van der Waals surface area contributed by atoms with Gasteiger partial charge in [0.05, 0.1) is 48.4 Å². The highest BCUT2D eigenvalue weighted by molar-refractivity contribution is 6.35. The van der Waals surface area contributed by atoms with Gasteiger partial charge in [-0.25, -0.2) is 9.59 Å². The van der Waals surface area contributed by atoms with Gasteiger partial charge < -0.3 is 55.0 Å². The van der Waals surface area contributed by atoms with Gasteiger partial charge in [0, 0.05) is 77.6 Å². The number of benzene rings is 2. The van der Waals surface area contributed by atoms with Gasteiger partial charge in [0.2, 0.25) is 11.8 Å². The fraction of sp³-hybridized carbons (Fsp3) is 0.621. The molecule has 2 aromatic carbocycles. The first-order chi connectivity index (χ1) is 41.5. The number of hydrogen-bond acceptors (Lipinski definition) is 15. The van der Waals surface area contributed by atoms with Crippen LogP contribution in [-0.4, -0.2) is 146 Å². The van der Waals surface area contributed by atoms with E-state index < -0.39 is 107 Å². The average molecular weight is 1270 g/mol. The van der Waals surface area contributed by atoms with Gasteiger partial charge >= 0.3 is 18.0 Å². The monoisotopic (exact) mass is 1270 g/mol. The Morgan fingerprint density at radius 3 is 2.26 bits per heavy atom. The predicted octanol–water partition coefficient (Wildman–Crippen LogP) is 9.35. The first kappa shape index (κ1) is 72.6. The van der Waals surface area contributed by atoms with Crippen molar-refractivity contribution < 1.29 is 71.9 Å². The lowest BCUT2D eigenvalue weighted by Crippen LogP contribution is -2.53. The zero-order valence-corrected chi connectivity index (χ0v) is 54.8. The van der Waals surface area contributed by atoms with Crippen LogP contribution in [0.3, 0.4) is 0 Å². The third kappa shape index (κ3) is 19.4. The van der Waals surface area contributed by atoms with Crippen molar-refractivity contribution in [2.24, 2.45) is 29.4 Å². The molecule has 4 bridgehead atoms. The van der Waals surface area contributed by atoms with Crippen molar-refractivity contribution in [2.75, 3.05) is 39.8 Å². The van der Waals surface area contributed by atoms with Crippen LogP contribution in [0.1, 0.15) is 167 Å². The van der Waals surface area contributed by atoms with Gasteiger partial charge in [-0.3, -0.25) is 33.6 Å². The molecule has 22 heteroatoms. The Labute approximate surface area is 528 Å². The number of ether oxygens (including phenoxy) is 5. The van der Waals surface area contributed by atoms with Crippen LogP contribution in [0.15, 0.2) is 54.1 Å². The largest absolute Gasteiger partial charge is 0.495 e. The summed E-state index contributed by atoms with van der Waals surface area (Å²) in [6, 6.07) is 4.87. The van der Waals surface area contributed by atoms with Crippen molar-refractivity contribution in [1.82, 2.24) is 15.5 Å². The lowest BCUT2D eigenvalue weighted by Gasteiger charge is -2.41. The smallest absolute Gasteiger partial charge is 0.328 e. The number of aliphatic hydroxyl groups is 1. The summed E-state index contributed by atoms with van der Waals surface area (Å²) in [5, 5.41) is 17.5. The van der Waals surface area contributed by atoms with E-state index in [1.165, 1.54) is 58.3 Å². The number of primary amides is 1. The standard InChI is InChI=1S/C66H93Cl2N5O15/c1-13-44(14-2)51(75)24-18-16-15-17-22-45(74)34-47(38(3)4)61(79)71-49(23-20-28-70-64(69)82)52(76)32-42-26-27-46(48(67)30-42)62(80)72(9)41(7)63(81)87-56-35-57(77)73(10)50-31-43(33-53(84-11)59(50)68)29-39(5)21-19-25-55(85-12)66(83)36-54(86-58(78)37-66)40(6)60-65(56,8)88-60/h19,21,25-27,30-31,33,38,40-41,44,47,49,54-56,60,83H,13-18,20,22-24,28-29,32,34-37H2,1-12H3,(H,71,79)(H3,69,70,82)/b25-19+,39-21+/t40-,41+,47+,49+,54+,55-,56+,60+,65+,66-/m1/s1. The summed E-state index contributed by atoms with van der Waals surface area (Å²) < 4.78 is 29.8. The molecule has 2 fully saturated rings. The molecule has 3 aliphatic rings. The van der Waals surface area contributed by atoms with E-state index in [1.807, 2.05) is 40.7 Å². The van der Waals surface area contributed by atoms with E-state index in [2.05, 4.69) is 10.6 Å². The number of Topliss-reactive ketones (excluding diaryl/α,β-unsaturated/α-hetero) is 3. The van der Waals surface area contributed by atoms with E-state index in [0.717, 1.165) is 48.1 Å². The third-order valence-electron chi connectivity index (χ3n) is 17.7. The summed E-state index contributed by atoms with van der Waals surface area (Å²) in [6.45, 7) is 14.7. The van der Waals surface area contributed by atoms with Crippen LogP contribution in [0.4, 0.5) is 10.5 Å². The number of esters is 2. The van der Waals surface area contributed by atoms with Gasteiger partial charge in [-0.15, -0.1) is 0 Å². The topological polar surface area (TPSA) is 280 Å². The molecule has 0 aliphatic carbocycles. The molecule has 10 atom stereocenters. The number of hydrogen-bond donors (Lipinski definition) is 4. The average Bonchev–Trinajstić information content (AvgIpc) is 1.87. The van der Waals surface area contributed by atoms with Crippen molar-refractivity contribution in [2.45, 2.75) is 206 Å². The van der Waals surface area contributed by atoms with Crippen molar-refractivity contribution in [3.8, 4) is 5.75 Å². The first-order valence-electron chi connectivity index (χ1n) is 30.8. The molecule has 20 nitrogen and oxygen atoms in total. The van der Waals surface area contributed by atoms with E-state index >= 15 is 0 Å². The fourth-order valence-electron chi connectivity index (χ4n) is 11.8. The zero-order valence-electron chi connectivity index (χ0n) is 53.3. The van der Waals surface area contributed by atoms with Crippen molar-refractivity contribution in [1.29, 1.82) is 0 Å². The van der Waals surface area contributed by atoms with Gasteiger partial charge in [0.25, 0.3) is 5.91 Å². The van der Waals surface area contributed by atoms with E-state index in [-0.39, 0.29) is 84.1 Å². The van der Waals surface area contributed by atoms with Crippen LogP contribution in [0, 0.1) is 23.7 Å². The molecule has 0 aromatic heterocycles. The number of anilines is 1. The Balaban J connectivity index is 1.32. The van der Waals surface area contributed by atoms with Crippen LogP contribution < -0.4 is 26.0 Å². The molecule has 5 amide bonds. The molecule has 5 N–H and O–H groups in total. The molecule has 0 spiro atoms. The van der Waals surface area contributed by atoms with E-state index in [9.17, 15) is 48.3 Å². The second-order valence-electron chi connectivity index (χ2n) is 24.6. The number of halogens is 2. The van der Waals surface area contributed by atoms with E-state index in [1.54, 1.807) is 38.1 Å². The van der Waals surface area contributed by atoms with Crippen molar-refractivity contribution in [3.05, 3.63) is 80.9 Å². The van der Waals surface area contributed by atoms with Crippen LogP contribution in [0.25, 0.3) is 0 Å². The molecule has 486 valence electrons. The fourth-order valence-corrected chi connectivity index (χ4v) is 12.4. The number of allylic oxidation sites excluding steroid dienone is 3. The van der Waals surface area contributed by atoms with E-state index in [0.29, 0.717) is 42.7 Å². The van der Waals surface area contributed by atoms with Crippen LogP contribution in [0.5, 0.6) is 5.75 Å². The Morgan fingerprint density at radius 2 is 1.64 bits per heavy atom. The Hall–Kier alpha value is -6.19. The number of nitrogens with one attached hydrogen (secondary N) is 2. The van der Waals surface area contributed by atoms with Crippen molar-refractivity contribution >= 4 is 81.9 Å². The Morgan fingerprint density at radius 1 is 0.955 bits per heavy atom. The lowest BCUT2D eigenvalue weighted by molar-refractivity contribution is -0.187.